The first-order valence-electron chi connectivity index (χ1n) is 9.27. The van der Waals surface area contributed by atoms with Crippen molar-refractivity contribution in [3.63, 3.8) is 0 Å². The molecule has 1 saturated carbocycles. The molecule has 1 amide bonds. The van der Waals surface area contributed by atoms with Crippen molar-refractivity contribution in [3.8, 4) is 6.07 Å². The van der Waals surface area contributed by atoms with Gasteiger partial charge in [-0.15, -0.1) is 0 Å². The van der Waals surface area contributed by atoms with Crippen molar-refractivity contribution >= 4 is 15.9 Å². The first-order valence-corrected chi connectivity index (χ1v) is 10.8. The zero-order chi connectivity index (χ0) is 18.6. The predicted octanol–water partition coefficient (Wildman–Crippen LogP) is 2.53. The first-order chi connectivity index (χ1) is 12.5. The van der Waals surface area contributed by atoms with Crippen LogP contribution in [0.1, 0.15) is 48.9 Å². The van der Waals surface area contributed by atoms with Crippen LogP contribution in [0.5, 0.6) is 0 Å². The van der Waals surface area contributed by atoms with E-state index in [1.54, 1.807) is 12.1 Å². The van der Waals surface area contributed by atoms with Crippen LogP contribution in [0, 0.1) is 23.2 Å². The molecule has 1 saturated heterocycles. The van der Waals surface area contributed by atoms with E-state index in [1.807, 2.05) is 11.0 Å². The number of carbonyl (C=O) groups excluding carboxylic acids is 1. The molecule has 1 aliphatic carbocycles. The quantitative estimate of drug-likeness (QED) is 0.801. The van der Waals surface area contributed by atoms with Crippen molar-refractivity contribution in [1.29, 1.82) is 5.26 Å². The van der Waals surface area contributed by atoms with E-state index < -0.39 is 10.0 Å². The van der Waals surface area contributed by atoms with Crippen molar-refractivity contribution in [2.75, 3.05) is 19.6 Å². The van der Waals surface area contributed by atoms with E-state index in [2.05, 4.69) is 4.72 Å². The molecule has 0 radical (unpaired) electrons. The van der Waals surface area contributed by atoms with Crippen LogP contribution in [-0.2, 0) is 10.0 Å². The number of sulfonamides is 1. The maximum absolute atomic E-state index is 12.8. The first kappa shape index (κ1) is 18.9. The van der Waals surface area contributed by atoms with Gasteiger partial charge in [-0.2, -0.15) is 5.26 Å². The molecule has 1 heterocycles. The molecule has 0 unspecified atom stereocenters. The van der Waals surface area contributed by atoms with Gasteiger partial charge >= 0.3 is 0 Å². The fraction of sp³-hybridized carbons (Fsp3) is 0.579. The fourth-order valence-electron chi connectivity index (χ4n) is 4.07. The zero-order valence-electron chi connectivity index (χ0n) is 14.9. The topological polar surface area (TPSA) is 90.3 Å². The number of fused-ring (bicyclic) bond motifs is 1. The molecule has 2 aliphatic rings. The summed E-state index contributed by atoms with van der Waals surface area (Å²) in [6.07, 6.45) is 6.26. The molecule has 0 bridgehead atoms. The molecule has 26 heavy (non-hydrogen) atoms. The lowest BCUT2D eigenvalue weighted by Crippen LogP contribution is -2.44. The standard InChI is InChI=1S/C19H25N3O3S/c20-11-3-12-21-26(24,25)18-8-6-16(7-9-18)19(23)22-13-10-15-4-1-2-5-17(15)14-22/h6-9,15,17,21H,1-5,10,12-14H2/t15-,17-/m1/s1. The minimum absolute atomic E-state index is 0.0181. The highest BCUT2D eigenvalue weighted by Gasteiger charge is 2.33. The fourth-order valence-corrected chi connectivity index (χ4v) is 5.10. The molecular weight excluding hydrogens is 350 g/mol. The molecule has 3 rings (SSSR count). The predicted molar refractivity (Wildman–Crippen MR) is 97.8 cm³/mol. The van der Waals surface area contributed by atoms with Gasteiger partial charge < -0.3 is 4.90 Å². The summed E-state index contributed by atoms with van der Waals surface area (Å²) in [4.78, 5) is 14.8. The third-order valence-corrected chi connectivity index (χ3v) is 7.00. The van der Waals surface area contributed by atoms with E-state index in [4.69, 9.17) is 5.26 Å². The maximum Gasteiger partial charge on any atom is 0.253 e. The van der Waals surface area contributed by atoms with Crippen molar-refractivity contribution in [1.82, 2.24) is 9.62 Å². The smallest absolute Gasteiger partial charge is 0.253 e. The summed E-state index contributed by atoms with van der Waals surface area (Å²) >= 11 is 0. The van der Waals surface area contributed by atoms with Gasteiger partial charge in [0, 0.05) is 31.6 Å². The molecule has 1 aromatic rings. The summed E-state index contributed by atoms with van der Waals surface area (Å²) < 4.78 is 26.6. The monoisotopic (exact) mass is 375 g/mol. The summed E-state index contributed by atoms with van der Waals surface area (Å²) in [6.45, 7) is 1.69. The van der Waals surface area contributed by atoms with Gasteiger partial charge in [-0.25, -0.2) is 13.1 Å². The third-order valence-electron chi connectivity index (χ3n) is 5.52. The Hall–Kier alpha value is -1.91. The Kier molecular flexibility index (Phi) is 5.94. The molecule has 140 valence electrons. The second-order valence-corrected chi connectivity index (χ2v) is 8.94. The number of nitrogens with zero attached hydrogens (tertiary/aromatic N) is 2. The summed E-state index contributed by atoms with van der Waals surface area (Å²) in [5.41, 5.74) is 0.523. The lowest BCUT2D eigenvalue weighted by molar-refractivity contribution is 0.0521. The average Bonchev–Trinajstić information content (AvgIpc) is 2.67. The van der Waals surface area contributed by atoms with Crippen LogP contribution in [0.2, 0.25) is 0 Å². The van der Waals surface area contributed by atoms with Crippen molar-refractivity contribution in [2.24, 2.45) is 11.8 Å². The van der Waals surface area contributed by atoms with E-state index in [0.717, 1.165) is 25.4 Å². The van der Waals surface area contributed by atoms with E-state index in [1.165, 1.54) is 37.8 Å². The Morgan fingerprint density at radius 1 is 1.15 bits per heavy atom. The highest BCUT2D eigenvalue weighted by Crippen LogP contribution is 2.36. The number of piperidine rings is 1. The number of nitrogens with one attached hydrogen (secondary N) is 1. The highest BCUT2D eigenvalue weighted by atomic mass is 32.2. The summed E-state index contributed by atoms with van der Waals surface area (Å²) in [5.74, 6) is 1.36. The Bertz CT molecular complexity index is 783. The lowest BCUT2D eigenvalue weighted by Gasteiger charge is -2.41. The van der Waals surface area contributed by atoms with Crippen molar-refractivity contribution in [2.45, 2.75) is 43.4 Å². The van der Waals surface area contributed by atoms with Gasteiger partial charge in [0.15, 0.2) is 0 Å². The number of carbonyl (C=O) groups is 1. The SMILES string of the molecule is N#CCCNS(=O)(=O)c1ccc(C(=O)N2CC[C@H]3CCCC[C@@H]3C2)cc1. The molecule has 6 nitrogen and oxygen atoms in total. The lowest BCUT2D eigenvalue weighted by atomic mass is 9.75. The molecule has 1 aliphatic heterocycles. The Morgan fingerprint density at radius 2 is 1.85 bits per heavy atom. The minimum Gasteiger partial charge on any atom is -0.338 e. The molecule has 2 atom stereocenters. The van der Waals surface area contributed by atoms with E-state index in [0.29, 0.717) is 11.5 Å². The van der Waals surface area contributed by atoms with Gasteiger partial charge in [-0.05, 0) is 48.9 Å². The highest BCUT2D eigenvalue weighted by molar-refractivity contribution is 7.89. The van der Waals surface area contributed by atoms with Crippen LogP contribution < -0.4 is 4.72 Å². The van der Waals surface area contributed by atoms with E-state index in [9.17, 15) is 13.2 Å². The number of hydrogen-bond acceptors (Lipinski definition) is 4. The van der Waals surface area contributed by atoms with Crippen molar-refractivity contribution < 1.29 is 13.2 Å². The van der Waals surface area contributed by atoms with Crippen LogP contribution in [0.15, 0.2) is 29.2 Å². The molecule has 0 spiro atoms. The Labute approximate surface area is 155 Å². The summed E-state index contributed by atoms with van der Waals surface area (Å²) in [7, 11) is -3.64. The Balaban J connectivity index is 1.64. The average molecular weight is 375 g/mol. The summed E-state index contributed by atoms with van der Waals surface area (Å²) in [6, 6.07) is 7.96. The number of hydrogen-bond donors (Lipinski definition) is 1. The number of amides is 1. The van der Waals surface area contributed by atoms with Gasteiger partial charge in [0.1, 0.15) is 0 Å². The molecular formula is C19H25N3O3S. The molecule has 7 heteroatoms. The van der Waals surface area contributed by atoms with E-state index >= 15 is 0 Å². The van der Waals surface area contributed by atoms with Gasteiger partial charge in [0.25, 0.3) is 5.91 Å². The van der Waals surface area contributed by atoms with Crippen LogP contribution in [0.4, 0.5) is 0 Å². The van der Waals surface area contributed by atoms with Gasteiger partial charge in [-0.1, -0.05) is 19.3 Å². The Morgan fingerprint density at radius 3 is 2.54 bits per heavy atom. The zero-order valence-corrected chi connectivity index (χ0v) is 15.7. The van der Waals surface area contributed by atoms with Crippen LogP contribution >= 0.6 is 0 Å². The van der Waals surface area contributed by atoms with Gasteiger partial charge in [0.2, 0.25) is 10.0 Å². The number of nitriles is 1. The largest absolute Gasteiger partial charge is 0.338 e. The second-order valence-electron chi connectivity index (χ2n) is 7.17. The van der Waals surface area contributed by atoms with Gasteiger partial charge in [-0.3, -0.25) is 4.79 Å². The van der Waals surface area contributed by atoms with Crippen LogP contribution in [0.25, 0.3) is 0 Å². The minimum atomic E-state index is -3.64. The van der Waals surface area contributed by atoms with Crippen LogP contribution in [-0.4, -0.2) is 38.9 Å². The number of rotatable bonds is 5. The number of benzene rings is 1. The molecule has 2 fully saturated rings. The second kappa shape index (κ2) is 8.19. The van der Waals surface area contributed by atoms with E-state index in [-0.39, 0.29) is 23.8 Å². The van der Waals surface area contributed by atoms with Crippen molar-refractivity contribution in [3.05, 3.63) is 29.8 Å². The molecule has 0 aromatic heterocycles. The maximum atomic E-state index is 12.8. The summed E-state index contributed by atoms with van der Waals surface area (Å²) in [5, 5.41) is 8.50. The van der Waals surface area contributed by atoms with Crippen LogP contribution in [0.3, 0.4) is 0 Å². The third kappa shape index (κ3) is 4.25. The normalized spacial score (nSPS) is 23.1. The van der Waals surface area contributed by atoms with Gasteiger partial charge in [0.05, 0.1) is 11.0 Å². The number of likely N-dealkylation sites (tertiary alicyclic amines) is 1. The molecule has 1 N–H and O–H groups in total. The molecule has 1 aromatic carbocycles.